The highest BCUT2D eigenvalue weighted by Crippen LogP contribution is 2.31. The SMILES string of the molecule is CCC1CCCN(C(=O)C2CCC(N)C(C)C2)C1. The van der Waals surface area contributed by atoms with E-state index in [1.807, 2.05) is 0 Å². The standard InChI is InChI=1S/C15H28N2O/c1-3-12-5-4-8-17(10-12)15(18)13-6-7-14(16)11(2)9-13/h11-14H,3-10,16H2,1-2H3. The Kier molecular flexibility index (Phi) is 4.66. The van der Waals surface area contributed by atoms with Crippen molar-refractivity contribution in [2.45, 2.75) is 58.4 Å². The first-order valence-electron chi connectivity index (χ1n) is 7.66. The lowest BCUT2D eigenvalue weighted by Crippen LogP contribution is -2.46. The number of hydrogen-bond acceptors (Lipinski definition) is 2. The zero-order valence-corrected chi connectivity index (χ0v) is 11.9. The van der Waals surface area contributed by atoms with Crippen molar-refractivity contribution in [1.82, 2.24) is 4.90 Å². The minimum atomic E-state index is 0.246. The molecule has 0 spiro atoms. The van der Waals surface area contributed by atoms with Gasteiger partial charge in [-0.1, -0.05) is 20.3 Å². The van der Waals surface area contributed by atoms with Gasteiger partial charge in [0.25, 0.3) is 0 Å². The maximum absolute atomic E-state index is 12.6. The molecule has 2 fully saturated rings. The number of nitrogens with zero attached hydrogens (tertiary/aromatic N) is 1. The Balaban J connectivity index is 1.90. The molecular formula is C15H28N2O. The molecule has 104 valence electrons. The molecule has 0 radical (unpaired) electrons. The summed E-state index contributed by atoms with van der Waals surface area (Å²) in [6.07, 6.45) is 6.70. The Morgan fingerprint density at radius 1 is 1.33 bits per heavy atom. The van der Waals surface area contributed by atoms with Crippen molar-refractivity contribution in [2.75, 3.05) is 13.1 Å². The molecule has 3 heteroatoms. The highest BCUT2D eigenvalue weighted by Gasteiger charge is 2.33. The monoisotopic (exact) mass is 252 g/mol. The lowest BCUT2D eigenvalue weighted by molar-refractivity contribution is -0.139. The Morgan fingerprint density at radius 2 is 2.11 bits per heavy atom. The Labute approximate surface area is 111 Å². The molecule has 2 aliphatic rings. The van der Waals surface area contributed by atoms with E-state index in [1.165, 1.54) is 19.3 Å². The number of carbonyl (C=O) groups excluding carboxylic acids is 1. The van der Waals surface area contributed by atoms with Gasteiger partial charge in [0.1, 0.15) is 0 Å². The first-order chi connectivity index (χ1) is 8.61. The van der Waals surface area contributed by atoms with Gasteiger partial charge in [0, 0.05) is 25.0 Å². The lowest BCUT2D eigenvalue weighted by atomic mass is 9.78. The van der Waals surface area contributed by atoms with E-state index in [2.05, 4.69) is 18.7 Å². The smallest absolute Gasteiger partial charge is 0.225 e. The normalized spacial score (nSPS) is 37.6. The third kappa shape index (κ3) is 3.05. The summed E-state index contributed by atoms with van der Waals surface area (Å²) in [6, 6.07) is 0.304. The molecular weight excluding hydrogens is 224 g/mol. The Bertz CT molecular complexity index is 284. The van der Waals surface area contributed by atoms with Gasteiger partial charge in [-0.3, -0.25) is 4.79 Å². The number of nitrogens with two attached hydrogens (primary N) is 1. The molecule has 2 N–H and O–H groups in total. The van der Waals surface area contributed by atoms with Crippen LogP contribution < -0.4 is 5.73 Å². The molecule has 1 aliphatic heterocycles. The van der Waals surface area contributed by atoms with E-state index in [-0.39, 0.29) is 5.92 Å². The van der Waals surface area contributed by atoms with Crippen LogP contribution in [-0.2, 0) is 4.79 Å². The first kappa shape index (κ1) is 13.9. The predicted molar refractivity (Wildman–Crippen MR) is 74.1 cm³/mol. The minimum Gasteiger partial charge on any atom is -0.342 e. The third-order valence-corrected chi connectivity index (χ3v) is 4.99. The van der Waals surface area contributed by atoms with Crippen molar-refractivity contribution in [2.24, 2.45) is 23.5 Å². The van der Waals surface area contributed by atoms with Crippen molar-refractivity contribution >= 4 is 5.91 Å². The van der Waals surface area contributed by atoms with Gasteiger partial charge >= 0.3 is 0 Å². The fraction of sp³-hybridized carbons (Fsp3) is 0.933. The summed E-state index contributed by atoms with van der Waals surface area (Å²) in [5, 5.41) is 0. The molecule has 1 saturated heterocycles. The molecule has 1 heterocycles. The molecule has 1 aliphatic carbocycles. The van der Waals surface area contributed by atoms with Gasteiger partial charge in [-0.15, -0.1) is 0 Å². The molecule has 0 bridgehead atoms. The zero-order valence-electron chi connectivity index (χ0n) is 11.9. The van der Waals surface area contributed by atoms with Gasteiger partial charge < -0.3 is 10.6 Å². The average molecular weight is 252 g/mol. The maximum Gasteiger partial charge on any atom is 0.225 e. The quantitative estimate of drug-likeness (QED) is 0.820. The summed E-state index contributed by atoms with van der Waals surface area (Å²) in [6.45, 7) is 6.40. The summed E-state index contributed by atoms with van der Waals surface area (Å²) in [4.78, 5) is 14.7. The van der Waals surface area contributed by atoms with Gasteiger partial charge in [0.2, 0.25) is 5.91 Å². The maximum atomic E-state index is 12.6. The molecule has 4 atom stereocenters. The molecule has 2 rings (SSSR count). The molecule has 1 saturated carbocycles. The molecule has 0 aromatic heterocycles. The van der Waals surface area contributed by atoms with E-state index in [0.717, 1.165) is 38.3 Å². The number of amides is 1. The highest BCUT2D eigenvalue weighted by atomic mass is 16.2. The Morgan fingerprint density at radius 3 is 2.78 bits per heavy atom. The van der Waals surface area contributed by atoms with E-state index in [9.17, 15) is 4.79 Å². The van der Waals surface area contributed by atoms with Gasteiger partial charge in [-0.2, -0.15) is 0 Å². The molecule has 0 aromatic rings. The van der Waals surface area contributed by atoms with Crippen LogP contribution in [0.4, 0.5) is 0 Å². The van der Waals surface area contributed by atoms with E-state index in [4.69, 9.17) is 5.73 Å². The summed E-state index contributed by atoms with van der Waals surface area (Å²) >= 11 is 0. The van der Waals surface area contributed by atoms with E-state index >= 15 is 0 Å². The number of piperidine rings is 1. The summed E-state index contributed by atoms with van der Waals surface area (Å²) in [7, 11) is 0. The van der Waals surface area contributed by atoms with Crippen LogP contribution in [0.2, 0.25) is 0 Å². The zero-order chi connectivity index (χ0) is 13.1. The number of hydrogen-bond donors (Lipinski definition) is 1. The van der Waals surface area contributed by atoms with Crippen molar-refractivity contribution in [3.8, 4) is 0 Å². The van der Waals surface area contributed by atoms with Gasteiger partial charge in [-0.05, 0) is 43.9 Å². The van der Waals surface area contributed by atoms with Crippen molar-refractivity contribution in [3.05, 3.63) is 0 Å². The fourth-order valence-electron chi connectivity index (χ4n) is 3.50. The molecule has 0 aromatic carbocycles. The van der Waals surface area contributed by atoms with Crippen LogP contribution in [0.1, 0.15) is 52.4 Å². The van der Waals surface area contributed by atoms with Crippen LogP contribution in [-0.4, -0.2) is 29.9 Å². The van der Waals surface area contributed by atoms with Crippen LogP contribution >= 0.6 is 0 Å². The topological polar surface area (TPSA) is 46.3 Å². The molecule has 18 heavy (non-hydrogen) atoms. The highest BCUT2D eigenvalue weighted by molar-refractivity contribution is 5.79. The predicted octanol–water partition coefficient (Wildman–Crippen LogP) is 2.40. The molecule has 3 nitrogen and oxygen atoms in total. The van der Waals surface area contributed by atoms with Crippen LogP contribution in [0.25, 0.3) is 0 Å². The second-order valence-electron chi connectivity index (χ2n) is 6.35. The minimum absolute atomic E-state index is 0.246. The van der Waals surface area contributed by atoms with E-state index in [0.29, 0.717) is 17.9 Å². The summed E-state index contributed by atoms with van der Waals surface area (Å²) < 4.78 is 0. The van der Waals surface area contributed by atoms with Crippen molar-refractivity contribution < 1.29 is 4.79 Å². The second kappa shape index (κ2) is 6.05. The van der Waals surface area contributed by atoms with Crippen LogP contribution in [0.3, 0.4) is 0 Å². The van der Waals surface area contributed by atoms with Gasteiger partial charge in [0.05, 0.1) is 0 Å². The number of rotatable bonds is 2. The van der Waals surface area contributed by atoms with Crippen molar-refractivity contribution in [3.63, 3.8) is 0 Å². The van der Waals surface area contributed by atoms with Gasteiger partial charge in [-0.25, -0.2) is 0 Å². The number of likely N-dealkylation sites (tertiary alicyclic amines) is 1. The largest absolute Gasteiger partial charge is 0.342 e. The van der Waals surface area contributed by atoms with Crippen LogP contribution in [0.15, 0.2) is 0 Å². The Hall–Kier alpha value is -0.570. The van der Waals surface area contributed by atoms with Crippen molar-refractivity contribution in [1.29, 1.82) is 0 Å². The summed E-state index contributed by atoms with van der Waals surface area (Å²) in [5.41, 5.74) is 6.04. The second-order valence-corrected chi connectivity index (χ2v) is 6.35. The van der Waals surface area contributed by atoms with Crippen LogP contribution in [0.5, 0.6) is 0 Å². The fourth-order valence-corrected chi connectivity index (χ4v) is 3.50. The third-order valence-electron chi connectivity index (χ3n) is 4.99. The summed E-state index contributed by atoms with van der Waals surface area (Å²) in [5.74, 6) is 1.88. The van der Waals surface area contributed by atoms with Crippen LogP contribution in [0, 0.1) is 17.8 Å². The first-order valence-corrected chi connectivity index (χ1v) is 7.66. The van der Waals surface area contributed by atoms with Gasteiger partial charge in [0.15, 0.2) is 0 Å². The molecule has 4 unspecified atom stereocenters. The molecule has 1 amide bonds. The number of carbonyl (C=O) groups is 1. The van der Waals surface area contributed by atoms with E-state index in [1.54, 1.807) is 0 Å². The van der Waals surface area contributed by atoms with E-state index < -0.39 is 0 Å². The lowest BCUT2D eigenvalue weighted by Gasteiger charge is -2.38. The average Bonchev–Trinajstić information content (AvgIpc) is 2.41.